The van der Waals surface area contributed by atoms with Crippen LogP contribution in [0.25, 0.3) is 0 Å². The van der Waals surface area contributed by atoms with Crippen molar-refractivity contribution in [1.82, 2.24) is 4.90 Å². The standard InChI is InChI=1S/C11H21NO2/c1-5-8-9-10(11(13)14-4)12(6-2)7-3/h8-10H,5-7H2,1-4H3. The number of likely N-dealkylation sites (N-methyl/N-ethyl adjacent to an activating group) is 1. The fourth-order valence-corrected chi connectivity index (χ4v) is 1.35. The summed E-state index contributed by atoms with van der Waals surface area (Å²) in [4.78, 5) is 13.5. The Morgan fingerprint density at radius 3 is 2.29 bits per heavy atom. The minimum atomic E-state index is -0.227. The summed E-state index contributed by atoms with van der Waals surface area (Å²) < 4.78 is 4.76. The fourth-order valence-electron chi connectivity index (χ4n) is 1.35. The van der Waals surface area contributed by atoms with Crippen LogP contribution >= 0.6 is 0 Å². The Bertz CT molecular complexity index is 186. The predicted molar refractivity (Wildman–Crippen MR) is 58.2 cm³/mol. The topological polar surface area (TPSA) is 29.5 Å². The lowest BCUT2D eigenvalue weighted by Crippen LogP contribution is -2.40. The van der Waals surface area contributed by atoms with Crippen LogP contribution in [0.5, 0.6) is 0 Å². The highest BCUT2D eigenvalue weighted by Crippen LogP contribution is 2.04. The number of methoxy groups -OCH3 is 1. The molecule has 0 radical (unpaired) electrons. The Balaban J connectivity index is 4.51. The summed E-state index contributed by atoms with van der Waals surface area (Å²) in [5, 5.41) is 0. The van der Waals surface area contributed by atoms with E-state index >= 15 is 0 Å². The van der Waals surface area contributed by atoms with E-state index in [1.165, 1.54) is 7.11 Å². The van der Waals surface area contributed by atoms with Crippen LogP contribution in [0.2, 0.25) is 0 Å². The van der Waals surface area contributed by atoms with Gasteiger partial charge in [0.2, 0.25) is 0 Å². The van der Waals surface area contributed by atoms with E-state index in [0.29, 0.717) is 0 Å². The SMILES string of the molecule is CCC=CC(C(=O)OC)N(CC)CC. The van der Waals surface area contributed by atoms with Crippen molar-refractivity contribution < 1.29 is 9.53 Å². The van der Waals surface area contributed by atoms with Crippen molar-refractivity contribution in [1.29, 1.82) is 0 Å². The number of hydrogen-bond donors (Lipinski definition) is 0. The summed E-state index contributed by atoms with van der Waals surface area (Å²) in [6.07, 6.45) is 4.85. The summed E-state index contributed by atoms with van der Waals surface area (Å²) in [7, 11) is 1.43. The van der Waals surface area contributed by atoms with Gasteiger partial charge in [-0.25, -0.2) is 0 Å². The molecular weight excluding hydrogens is 178 g/mol. The second-order valence-corrected chi connectivity index (χ2v) is 3.03. The van der Waals surface area contributed by atoms with Gasteiger partial charge in [0, 0.05) is 0 Å². The second-order valence-electron chi connectivity index (χ2n) is 3.03. The zero-order valence-electron chi connectivity index (χ0n) is 9.62. The zero-order chi connectivity index (χ0) is 11.0. The molecule has 0 saturated carbocycles. The molecule has 0 aromatic carbocycles. The molecule has 3 heteroatoms. The van der Waals surface area contributed by atoms with Gasteiger partial charge < -0.3 is 4.74 Å². The van der Waals surface area contributed by atoms with Gasteiger partial charge in [0.15, 0.2) is 0 Å². The molecule has 0 amide bonds. The van der Waals surface area contributed by atoms with Gasteiger partial charge in [0.05, 0.1) is 7.11 Å². The summed E-state index contributed by atoms with van der Waals surface area (Å²) in [6.45, 7) is 7.83. The highest BCUT2D eigenvalue weighted by atomic mass is 16.5. The Morgan fingerprint density at radius 1 is 1.36 bits per heavy atom. The van der Waals surface area contributed by atoms with Crippen molar-refractivity contribution in [2.24, 2.45) is 0 Å². The average Bonchev–Trinajstić information content (AvgIpc) is 2.23. The molecule has 82 valence electrons. The Labute approximate surface area is 86.7 Å². The van der Waals surface area contributed by atoms with Crippen LogP contribution in [-0.2, 0) is 9.53 Å². The number of carbonyl (C=O) groups is 1. The number of hydrogen-bond acceptors (Lipinski definition) is 3. The molecule has 0 aliphatic carbocycles. The maximum atomic E-state index is 11.5. The molecular formula is C11H21NO2. The van der Waals surface area contributed by atoms with Crippen molar-refractivity contribution in [2.75, 3.05) is 20.2 Å². The van der Waals surface area contributed by atoms with E-state index in [1.807, 2.05) is 32.9 Å². The maximum Gasteiger partial charge on any atom is 0.327 e. The molecule has 0 heterocycles. The second kappa shape index (κ2) is 7.56. The molecule has 0 rings (SSSR count). The summed E-state index contributed by atoms with van der Waals surface area (Å²) in [5.74, 6) is -0.182. The van der Waals surface area contributed by atoms with E-state index in [9.17, 15) is 4.79 Å². The molecule has 0 aromatic heterocycles. The Morgan fingerprint density at radius 2 is 1.93 bits per heavy atom. The van der Waals surface area contributed by atoms with Gasteiger partial charge in [-0.1, -0.05) is 32.9 Å². The van der Waals surface area contributed by atoms with Crippen molar-refractivity contribution in [3.8, 4) is 0 Å². The first kappa shape index (κ1) is 13.2. The Hall–Kier alpha value is -0.830. The molecule has 0 bridgehead atoms. The van der Waals surface area contributed by atoms with E-state index < -0.39 is 0 Å². The van der Waals surface area contributed by atoms with Gasteiger partial charge in [-0.05, 0) is 19.5 Å². The van der Waals surface area contributed by atoms with Crippen molar-refractivity contribution >= 4 is 5.97 Å². The van der Waals surface area contributed by atoms with Crippen molar-refractivity contribution in [2.45, 2.75) is 33.2 Å². The first-order valence-electron chi connectivity index (χ1n) is 5.19. The predicted octanol–water partition coefficient (Wildman–Crippen LogP) is 1.84. The molecule has 0 aliphatic rings. The van der Waals surface area contributed by atoms with Crippen LogP contribution in [0.3, 0.4) is 0 Å². The number of esters is 1. The normalized spacial score (nSPS) is 13.5. The first-order valence-corrected chi connectivity index (χ1v) is 5.19. The molecule has 0 aromatic rings. The highest BCUT2D eigenvalue weighted by Gasteiger charge is 2.21. The van der Waals surface area contributed by atoms with Crippen molar-refractivity contribution in [3.05, 3.63) is 12.2 Å². The number of carbonyl (C=O) groups excluding carboxylic acids is 1. The monoisotopic (exact) mass is 199 g/mol. The summed E-state index contributed by atoms with van der Waals surface area (Å²) in [5.41, 5.74) is 0. The van der Waals surface area contributed by atoms with Gasteiger partial charge in [-0.15, -0.1) is 0 Å². The largest absolute Gasteiger partial charge is 0.468 e. The van der Waals surface area contributed by atoms with Gasteiger partial charge in [-0.2, -0.15) is 0 Å². The van der Waals surface area contributed by atoms with E-state index in [1.54, 1.807) is 0 Å². The van der Waals surface area contributed by atoms with E-state index in [2.05, 4.69) is 4.90 Å². The van der Waals surface area contributed by atoms with E-state index in [-0.39, 0.29) is 12.0 Å². The number of ether oxygens (including phenoxy) is 1. The molecule has 1 atom stereocenters. The summed E-state index contributed by atoms with van der Waals surface area (Å²) in [6, 6.07) is -0.227. The average molecular weight is 199 g/mol. The molecule has 0 fully saturated rings. The van der Waals surface area contributed by atoms with Gasteiger partial charge >= 0.3 is 5.97 Å². The molecule has 3 nitrogen and oxygen atoms in total. The third-order valence-electron chi connectivity index (χ3n) is 2.20. The van der Waals surface area contributed by atoms with Crippen LogP contribution in [0.4, 0.5) is 0 Å². The number of allylic oxidation sites excluding steroid dienone is 1. The fraction of sp³-hybridized carbons (Fsp3) is 0.727. The Kier molecular flexibility index (Phi) is 7.11. The third kappa shape index (κ3) is 3.92. The molecule has 0 saturated heterocycles. The molecule has 0 spiro atoms. The van der Waals surface area contributed by atoms with Crippen LogP contribution in [0.1, 0.15) is 27.2 Å². The van der Waals surface area contributed by atoms with Crippen LogP contribution in [0.15, 0.2) is 12.2 Å². The van der Waals surface area contributed by atoms with Gasteiger partial charge in [0.25, 0.3) is 0 Å². The highest BCUT2D eigenvalue weighted by molar-refractivity contribution is 5.77. The molecule has 0 N–H and O–H groups in total. The summed E-state index contributed by atoms with van der Waals surface area (Å²) >= 11 is 0. The lowest BCUT2D eigenvalue weighted by molar-refractivity contribution is -0.144. The smallest absolute Gasteiger partial charge is 0.327 e. The zero-order valence-corrected chi connectivity index (χ0v) is 9.62. The first-order chi connectivity index (χ1) is 6.71. The quantitative estimate of drug-likeness (QED) is 0.483. The van der Waals surface area contributed by atoms with Crippen LogP contribution in [-0.4, -0.2) is 37.1 Å². The van der Waals surface area contributed by atoms with Gasteiger partial charge in [0.1, 0.15) is 6.04 Å². The minimum Gasteiger partial charge on any atom is -0.468 e. The minimum absolute atomic E-state index is 0.182. The van der Waals surface area contributed by atoms with Crippen LogP contribution in [0, 0.1) is 0 Å². The van der Waals surface area contributed by atoms with E-state index in [4.69, 9.17) is 4.74 Å². The lowest BCUT2D eigenvalue weighted by Gasteiger charge is -2.24. The van der Waals surface area contributed by atoms with E-state index in [0.717, 1.165) is 19.5 Å². The van der Waals surface area contributed by atoms with Crippen LogP contribution < -0.4 is 0 Å². The molecule has 1 unspecified atom stereocenters. The van der Waals surface area contributed by atoms with Gasteiger partial charge in [-0.3, -0.25) is 9.69 Å². The number of rotatable bonds is 6. The molecule has 14 heavy (non-hydrogen) atoms. The lowest BCUT2D eigenvalue weighted by atomic mass is 10.2. The third-order valence-corrected chi connectivity index (χ3v) is 2.20. The van der Waals surface area contributed by atoms with Crippen molar-refractivity contribution in [3.63, 3.8) is 0 Å². The number of nitrogens with zero attached hydrogens (tertiary/aromatic N) is 1. The molecule has 0 aliphatic heterocycles. The maximum absolute atomic E-state index is 11.5.